The van der Waals surface area contributed by atoms with Crippen LogP contribution in [0.15, 0.2) is 24.4 Å². The average Bonchev–Trinajstić information content (AvgIpc) is 2.96. The fraction of sp³-hybridized carbons (Fsp3) is 0.600. The van der Waals surface area contributed by atoms with Gasteiger partial charge < -0.3 is 19.1 Å². The van der Waals surface area contributed by atoms with Crippen molar-refractivity contribution in [2.75, 3.05) is 19.7 Å². The van der Waals surface area contributed by atoms with Crippen LogP contribution < -0.4 is 4.74 Å². The van der Waals surface area contributed by atoms with Crippen molar-refractivity contribution in [3.63, 3.8) is 0 Å². The molecule has 0 unspecified atom stereocenters. The zero-order chi connectivity index (χ0) is 23.8. The number of nitrogens with zero attached hydrogens (tertiary/aromatic N) is 2. The molecular formula is C25H36N2O5. The van der Waals surface area contributed by atoms with E-state index >= 15 is 0 Å². The molecule has 0 N–H and O–H groups in total. The number of carbonyl (C=O) groups excluding carboxylic acids is 2. The summed E-state index contributed by atoms with van der Waals surface area (Å²) in [6, 6.07) is 5.75. The highest BCUT2D eigenvalue weighted by Crippen LogP contribution is 2.32. The zero-order valence-electron chi connectivity index (χ0n) is 20.5. The molecule has 1 aromatic heterocycles. The van der Waals surface area contributed by atoms with E-state index in [1.54, 1.807) is 9.47 Å². The first-order chi connectivity index (χ1) is 14.7. The molecule has 2 heterocycles. The number of benzene rings is 1. The molecule has 1 aliphatic rings. The third-order valence-electron chi connectivity index (χ3n) is 5.11. The van der Waals surface area contributed by atoms with Gasteiger partial charge in [-0.15, -0.1) is 0 Å². The first-order valence-electron chi connectivity index (χ1n) is 11.2. The number of likely N-dealkylation sites (tertiary alicyclic amines) is 1. The summed E-state index contributed by atoms with van der Waals surface area (Å²) in [5.74, 6) is 1.26. The lowest BCUT2D eigenvalue weighted by atomic mass is 10.0. The fourth-order valence-electron chi connectivity index (χ4n) is 3.61. The molecule has 1 amide bonds. The standard InChI is InChI=1S/C25H36N2O5/c1-16(2)20-14-27(23(29)32-25(6,7)8)21-10-9-18(11-19(20)21)30-15-17-12-26(13-17)22(28)31-24(3,4)5/h9-11,14,16-17H,12-13,15H2,1-8H3. The average molecular weight is 445 g/mol. The Balaban J connectivity index is 1.67. The second-order valence-corrected chi connectivity index (χ2v) is 10.8. The van der Waals surface area contributed by atoms with Gasteiger partial charge in [0.15, 0.2) is 0 Å². The summed E-state index contributed by atoms with van der Waals surface area (Å²) in [4.78, 5) is 26.5. The summed E-state index contributed by atoms with van der Waals surface area (Å²) < 4.78 is 18.6. The molecule has 0 atom stereocenters. The molecule has 0 aliphatic carbocycles. The molecule has 1 fully saturated rings. The van der Waals surface area contributed by atoms with E-state index in [0.29, 0.717) is 19.7 Å². The SMILES string of the molecule is CC(C)c1cn(C(=O)OC(C)(C)C)c2ccc(OCC3CN(C(=O)OC(C)(C)C)C3)cc12. The van der Waals surface area contributed by atoms with Crippen molar-refractivity contribution in [2.45, 2.75) is 72.5 Å². The Hall–Kier alpha value is -2.70. The molecule has 7 heteroatoms. The third kappa shape index (κ3) is 5.75. The number of aromatic nitrogens is 1. The minimum Gasteiger partial charge on any atom is -0.493 e. The maximum Gasteiger partial charge on any atom is 0.419 e. The zero-order valence-corrected chi connectivity index (χ0v) is 20.5. The summed E-state index contributed by atoms with van der Waals surface area (Å²) in [5, 5.41) is 0.979. The van der Waals surface area contributed by atoms with Crippen LogP contribution in [-0.4, -0.2) is 52.6 Å². The molecule has 0 radical (unpaired) electrons. The Bertz CT molecular complexity index is 988. The van der Waals surface area contributed by atoms with Gasteiger partial charge in [0, 0.05) is 30.6 Å². The minimum atomic E-state index is -0.565. The predicted molar refractivity (Wildman–Crippen MR) is 124 cm³/mol. The molecule has 32 heavy (non-hydrogen) atoms. The highest BCUT2D eigenvalue weighted by atomic mass is 16.6. The van der Waals surface area contributed by atoms with E-state index in [1.165, 1.54) is 0 Å². The molecular weight excluding hydrogens is 408 g/mol. The fourth-order valence-corrected chi connectivity index (χ4v) is 3.61. The van der Waals surface area contributed by atoms with Crippen molar-refractivity contribution in [1.29, 1.82) is 0 Å². The van der Waals surface area contributed by atoms with Gasteiger partial charge in [-0.05, 0) is 71.2 Å². The van der Waals surface area contributed by atoms with E-state index in [-0.39, 0.29) is 24.0 Å². The second-order valence-electron chi connectivity index (χ2n) is 10.8. The normalized spacial score (nSPS) is 15.1. The molecule has 1 saturated heterocycles. The van der Waals surface area contributed by atoms with E-state index in [1.807, 2.05) is 65.9 Å². The van der Waals surface area contributed by atoms with Crippen LogP contribution in [0.1, 0.15) is 66.9 Å². The van der Waals surface area contributed by atoms with Crippen molar-refractivity contribution in [3.8, 4) is 5.75 Å². The number of ether oxygens (including phenoxy) is 3. The summed E-state index contributed by atoms with van der Waals surface area (Å²) >= 11 is 0. The van der Waals surface area contributed by atoms with E-state index in [0.717, 1.165) is 22.2 Å². The van der Waals surface area contributed by atoms with E-state index in [2.05, 4.69) is 13.8 Å². The first kappa shape index (κ1) is 24.0. The highest BCUT2D eigenvalue weighted by molar-refractivity contribution is 5.93. The lowest BCUT2D eigenvalue weighted by Gasteiger charge is -2.39. The second kappa shape index (κ2) is 8.68. The Labute approximate surface area is 190 Å². The molecule has 1 aliphatic heterocycles. The number of carbonyl (C=O) groups is 2. The van der Waals surface area contributed by atoms with Gasteiger partial charge in [-0.1, -0.05) is 13.8 Å². The van der Waals surface area contributed by atoms with Crippen LogP contribution in [0.4, 0.5) is 9.59 Å². The Morgan fingerprint density at radius 1 is 1.00 bits per heavy atom. The maximum absolute atomic E-state index is 12.7. The van der Waals surface area contributed by atoms with Gasteiger partial charge in [0.1, 0.15) is 17.0 Å². The molecule has 0 spiro atoms. The molecule has 3 rings (SSSR count). The largest absolute Gasteiger partial charge is 0.493 e. The van der Waals surface area contributed by atoms with Gasteiger partial charge in [0.2, 0.25) is 0 Å². The number of hydrogen-bond acceptors (Lipinski definition) is 5. The highest BCUT2D eigenvalue weighted by Gasteiger charge is 2.34. The van der Waals surface area contributed by atoms with Gasteiger partial charge >= 0.3 is 12.2 Å². The lowest BCUT2D eigenvalue weighted by molar-refractivity contribution is -0.00782. The molecule has 2 aromatic rings. The topological polar surface area (TPSA) is 70.0 Å². The van der Waals surface area contributed by atoms with Gasteiger partial charge in [0.05, 0.1) is 12.1 Å². The number of hydrogen-bond donors (Lipinski definition) is 0. The first-order valence-corrected chi connectivity index (χ1v) is 11.2. The minimum absolute atomic E-state index is 0.241. The lowest BCUT2D eigenvalue weighted by Crippen LogP contribution is -2.53. The van der Waals surface area contributed by atoms with Crippen LogP contribution in [0.3, 0.4) is 0 Å². The van der Waals surface area contributed by atoms with Crippen LogP contribution in [-0.2, 0) is 9.47 Å². The quantitative estimate of drug-likeness (QED) is 0.597. The van der Waals surface area contributed by atoms with Gasteiger partial charge in [-0.2, -0.15) is 0 Å². The van der Waals surface area contributed by atoms with Gasteiger partial charge in [-0.3, -0.25) is 4.57 Å². The maximum atomic E-state index is 12.7. The van der Waals surface area contributed by atoms with Gasteiger partial charge in [-0.25, -0.2) is 9.59 Å². The number of rotatable bonds is 4. The van der Waals surface area contributed by atoms with Crippen LogP contribution in [0.2, 0.25) is 0 Å². The summed E-state index contributed by atoms with van der Waals surface area (Å²) in [7, 11) is 0. The predicted octanol–water partition coefficient (Wildman–Crippen LogP) is 5.79. The van der Waals surface area contributed by atoms with Crippen LogP contribution in [0.5, 0.6) is 5.75 Å². The Morgan fingerprint density at radius 3 is 2.16 bits per heavy atom. The monoisotopic (exact) mass is 444 g/mol. The molecule has 1 aromatic carbocycles. The number of amides is 1. The molecule has 176 valence electrons. The Morgan fingerprint density at radius 2 is 1.59 bits per heavy atom. The van der Waals surface area contributed by atoms with E-state index in [4.69, 9.17) is 14.2 Å². The molecule has 7 nitrogen and oxygen atoms in total. The van der Waals surface area contributed by atoms with Crippen molar-refractivity contribution in [2.24, 2.45) is 5.92 Å². The van der Waals surface area contributed by atoms with Crippen molar-refractivity contribution in [3.05, 3.63) is 30.0 Å². The summed E-state index contributed by atoms with van der Waals surface area (Å²) in [6.45, 7) is 17.1. The van der Waals surface area contributed by atoms with Crippen LogP contribution in [0, 0.1) is 5.92 Å². The van der Waals surface area contributed by atoms with Crippen molar-refractivity contribution >= 4 is 23.1 Å². The number of fused-ring (bicyclic) bond motifs is 1. The van der Waals surface area contributed by atoms with Crippen LogP contribution >= 0.6 is 0 Å². The summed E-state index contributed by atoms with van der Waals surface area (Å²) in [5.41, 5.74) is 0.814. The van der Waals surface area contributed by atoms with E-state index in [9.17, 15) is 9.59 Å². The molecule has 0 saturated carbocycles. The third-order valence-corrected chi connectivity index (χ3v) is 5.11. The summed E-state index contributed by atoms with van der Waals surface area (Å²) in [6.07, 6.45) is 1.19. The van der Waals surface area contributed by atoms with E-state index < -0.39 is 11.2 Å². The smallest absolute Gasteiger partial charge is 0.419 e. The van der Waals surface area contributed by atoms with Crippen LogP contribution in [0.25, 0.3) is 10.9 Å². The van der Waals surface area contributed by atoms with Crippen molar-refractivity contribution in [1.82, 2.24) is 9.47 Å². The molecule has 0 bridgehead atoms. The van der Waals surface area contributed by atoms with Crippen molar-refractivity contribution < 1.29 is 23.8 Å². The Kier molecular flexibility index (Phi) is 6.50. The van der Waals surface area contributed by atoms with Gasteiger partial charge in [0.25, 0.3) is 0 Å².